The van der Waals surface area contributed by atoms with Gasteiger partial charge in [-0.2, -0.15) is 5.10 Å². The Hall–Kier alpha value is -1.49. The van der Waals surface area contributed by atoms with Crippen molar-refractivity contribution in [3.63, 3.8) is 0 Å². The second-order valence-corrected chi connectivity index (χ2v) is 6.49. The van der Waals surface area contributed by atoms with Crippen molar-refractivity contribution in [3.05, 3.63) is 35.9 Å². The van der Waals surface area contributed by atoms with Gasteiger partial charge in [-0.25, -0.2) is 0 Å². The van der Waals surface area contributed by atoms with E-state index in [4.69, 9.17) is 9.05 Å². The average molecular weight is 298 g/mol. The summed E-state index contributed by atoms with van der Waals surface area (Å²) in [6.45, 7) is 0. The molecule has 0 spiro atoms. The summed E-state index contributed by atoms with van der Waals surface area (Å²) >= 11 is 0. The smallest absolute Gasteiger partial charge is 0.312 e. The molecule has 0 unspecified atom stereocenters. The van der Waals surface area contributed by atoms with Crippen molar-refractivity contribution in [2.45, 2.75) is 0 Å². The molecular formula is C13H19N2O4P. The molecule has 0 aromatic heterocycles. The quantitative estimate of drug-likeness (QED) is 0.437. The molecule has 0 aliphatic heterocycles. The molecule has 0 saturated heterocycles. The van der Waals surface area contributed by atoms with Gasteiger partial charge in [0, 0.05) is 33.9 Å². The van der Waals surface area contributed by atoms with E-state index in [1.54, 1.807) is 38.4 Å². The van der Waals surface area contributed by atoms with Crippen molar-refractivity contribution in [3.8, 4) is 0 Å². The van der Waals surface area contributed by atoms with Crippen LogP contribution in [-0.2, 0) is 18.4 Å². The van der Waals surface area contributed by atoms with Crippen LogP contribution in [-0.4, -0.2) is 51.0 Å². The molecule has 20 heavy (non-hydrogen) atoms. The van der Waals surface area contributed by atoms with E-state index in [0.29, 0.717) is 5.56 Å². The fourth-order valence-corrected chi connectivity index (χ4v) is 2.43. The fraction of sp³-hybridized carbons (Fsp3) is 0.385. The van der Waals surface area contributed by atoms with Gasteiger partial charge >= 0.3 is 7.60 Å². The first-order chi connectivity index (χ1) is 9.41. The van der Waals surface area contributed by atoms with Gasteiger partial charge in [0.1, 0.15) is 11.9 Å². The van der Waals surface area contributed by atoms with E-state index >= 15 is 0 Å². The second-order valence-electron chi connectivity index (χ2n) is 4.22. The third-order valence-corrected chi connectivity index (χ3v) is 4.29. The van der Waals surface area contributed by atoms with E-state index in [2.05, 4.69) is 5.10 Å². The van der Waals surface area contributed by atoms with Crippen LogP contribution in [0.5, 0.6) is 0 Å². The summed E-state index contributed by atoms with van der Waals surface area (Å²) in [5.74, 6) is -0.392. The number of hydrazone groups is 1. The summed E-state index contributed by atoms with van der Waals surface area (Å²) in [5, 5.41) is 5.69. The maximum absolute atomic E-state index is 12.3. The number of rotatable bonds is 7. The van der Waals surface area contributed by atoms with Crippen LogP contribution in [0.2, 0.25) is 0 Å². The molecule has 0 heterocycles. The van der Waals surface area contributed by atoms with Crippen molar-refractivity contribution in [2.24, 2.45) is 5.10 Å². The molecule has 0 amide bonds. The van der Waals surface area contributed by atoms with Crippen molar-refractivity contribution in [1.29, 1.82) is 0 Å². The van der Waals surface area contributed by atoms with Gasteiger partial charge in [0.25, 0.3) is 0 Å². The summed E-state index contributed by atoms with van der Waals surface area (Å²) in [6.07, 6.45) is -0.346. The highest BCUT2D eigenvalue weighted by Gasteiger charge is 2.29. The first kappa shape index (κ1) is 16.6. The van der Waals surface area contributed by atoms with Gasteiger partial charge in [0.15, 0.2) is 5.78 Å². The molecule has 7 heteroatoms. The van der Waals surface area contributed by atoms with Gasteiger partial charge < -0.3 is 14.1 Å². The van der Waals surface area contributed by atoms with Crippen LogP contribution in [0.4, 0.5) is 0 Å². The highest BCUT2D eigenvalue weighted by molar-refractivity contribution is 7.55. The van der Waals surface area contributed by atoms with Crippen LogP contribution >= 0.6 is 7.60 Å². The van der Waals surface area contributed by atoms with Crippen LogP contribution in [0.1, 0.15) is 5.56 Å². The summed E-state index contributed by atoms with van der Waals surface area (Å²) in [5.41, 5.74) is 0.884. The summed E-state index contributed by atoms with van der Waals surface area (Å²) in [4.78, 5) is 12.3. The maximum atomic E-state index is 12.3. The lowest BCUT2D eigenvalue weighted by molar-refractivity contribution is -0.111. The average Bonchev–Trinajstić information content (AvgIpc) is 2.45. The van der Waals surface area contributed by atoms with Gasteiger partial charge in [-0.15, -0.1) is 0 Å². The van der Waals surface area contributed by atoms with Crippen molar-refractivity contribution in [2.75, 3.05) is 34.5 Å². The van der Waals surface area contributed by atoms with Gasteiger partial charge in [0.2, 0.25) is 0 Å². The molecular weight excluding hydrogens is 279 g/mol. The predicted octanol–water partition coefficient (Wildman–Crippen LogP) is 2.01. The SMILES string of the molecule is COP(=O)(CC(=O)/C(=N/N(C)C)c1ccccc1)OC. The number of ketones is 1. The summed E-state index contributed by atoms with van der Waals surface area (Å²) in [6, 6.07) is 8.99. The van der Waals surface area contributed by atoms with Crippen LogP contribution in [0.15, 0.2) is 35.4 Å². The molecule has 1 aromatic carbocycles. The summed E-state index contributed by atoms with van der Waals surface area (Å²) < 4.78 is 21.6. The predicted molar refractivity (Wildman–Crippen MR) is 78.2 cm³/mol. The molecule has 110 valence electrons. The number of nitrogens with zero attached hydrogens (tertiary/aromatic N) is 2. The maximum Gasteiger partial charge on any atom is 0.337 e. The molecule has 6 nitrogen and oxygen atoms in total. The molecule has 0 N–H and O–H groups in total. The number of Topliss-reactive ketones (excluding diaryl/α,β-unsaturated/α-hetero) is 1. The molecule has 1 aromatic rings. The lowest BCUT2D eigenvalue weighted by Crippen LogP contribution is -2.23. The van der Waals surface area contributed by atoms with E-state index < -0.39 is 13.4 Å². The normalized spacial score (nSPS) is 12.3. The summed E-state index contributed by atoms with van der Waals surface area (Å²) in [7, 11) is 2.52. The molecule has 1 rings (SSSR count). The highest BCUT2D eigenvalue weighted by atomic mass is 31.2. The lowest BCUT2D eigenvalue weighted by atomic mass is 10.1. The zero-order valence-corrected chi connectivity index (χ0v) is 13.0. The Morgan fingerprint density at radius 2 is 1.75 bits per heavy atom. The Bertz CT molecular complexity index is 520. The van der Waals surface area contributed by atoms with Gasteiger partial charge in [-0.3, -0.25) is 9.36 Å². The first-order valence-corrected chi connectivity index (χ1v) is 7.69. The molecule has 0 aliphatic rings. The van der Waals surface area contributed by atoms with E-state index in [-0.39, 0.29) is 11.9 Å². The fourth-order valence-electron chi connectivity index (χ4n) is 1.52. The lowest BCUT2D eigenvalue weighted by Gasteiger charge is -2.15. The second kappa shape index (κ2) is 7.33. The molecule has 0 radical (unpaired) electrons. The van der Waals surface area contributed by atoms with E-state index in [0.717, 1.165) is 0 Å². The number of hydrogen-bond acceptors (Lipinski definition) is 6. The molecule has 0 bridgehead atoms. The van der Waals surface area contributed by atoms with E-state index in [1.165, 1.54) is 19.2 Å². The van der Waals surface area contributed by atoms with Crippen molar-refractivity contribution in [1.82, 2.24) is 5.01 Å². The molecule has 0 saturated carbocycles. The number of carbonyl (C=O) groups is 1. The van der Waals surface area contributed by atoms with Crippen molar-refractivity contribution >= 4 is 19.1 Å². The Morgan fingerprint density at radius 1 is 1.20 bits per heavy atom. The van der Waals surface area contributed by atoms with Crippen molar-refractivity contribution < 1.29 is 18.4 Å². The minimum Gasteiger partial charge on any atom is -0.312 e. The Morgan fingerprint density at radius 3 is 2.20 bits per heavy atom. The minimum absolute atomic E-state index is 0.227. The number of hydrogen-bond donors (Lipinski definition) is 0. The van der Waals surface area contributed by atoms with Gasteiger partial charge in [0.05, 0.1) is 0 Å². The molecule has 0 fully saturated rings. The Kier molecular flexibility index (Phi) is 6.07. The Balaban J connectivity index is 3.08. The van der Waals surface area contributed by atoms with Crippen LogP contribution < -0.4 is 0 Å². The topological polar surface area (TPSA) is 68.2 Å². The van der Waals surface area contributed by atoms with Crippen LogP contribution in [0.3, 0.4) is 0 Å². The third kappa shape index (κ3) is 4.56. The zero-order valence-electron chi connectivity index (χ0n) is 12.1. The van der Waals surface area contributed by atoms with Gasteiger partial charge in [-0.05, 0) is 0 Å². The number of benzene rings is 1. The first-order valence-electron chi connectivity index (χ1n) is 5.97. The third-order valence-electron chi connectivity index (χ3n) is 2.50. The zero-order chi connectivity index (χ0) is 15.2. The molecule has 0 atom stereocenters. The standard InChI is InChI=1S/C13H19N2O4P/c1-15(2)14-13(11-8-6-5-7-9-11)12(16)10-20(17,18-3)19-4/h5-9H,10H2,1-4H3/b14-13+. The van der Waals surface area contributed by atoms with E-state index in [9.17, 15) is 9.36 Å². The van der Waals surface area contributed by atoms with Gasteiger partial charge in [-0.1, -0.05) is 30.3 Å². The highest BCUT2D eigenvalue weighted by Crippen LogP contribution is 2.46. The minimum atomic E-state index is -3.40. The van der Waals surface area contributed by atoms with Crippen LogP contribution in [0, 0.1) is 0 Å². The van der Waals surface area contributed by atoms with E-state index in [1.807, 2.05) is 6.07 Å². The largest absolute Gasteiger partial charge is 0.337 e. The number of carbonyl (C=O) groups excluding carboxylic acids is 1. The monoisotopic (exact) mass is 298 g/mol. The van der Waals surface area contributed by atoms with Crippen LogP contribution in [0.25, 0.3) is 0 Å². The molecule has 0 aliphatic carbocycles. The Labute approximate surface area is 118 Å².